The van der Waals surface area contributed by atoms with Crippen LogP contribution < -0.4 is 9.80 Å². The van der Waals surface area contributed by atoms with E-state index >= 15 is 0 Å². The largest absolute Gasteiger partial charge is 0.436 e. The molecule has 7 aromatic carbocycles. The lowest BCUT2D eigenvalue weighted by atomic mass is 9.92. The van der Waals surface area contributed by atoms with Gasteiger partial charge in [-0.3, -0.25) is 0 Å². The Balaban J connectivity index is 1.16. The van der Waals surface area contributed by atoms with Gasteiger partial charge in [0.1, 0.15) is 0 Å². The van der Waals surface area contributed by atoms with Crippen molar-refractivity contribution in [1.82, 2.24) is 9.97 Å². The van der Waals surface area contributed by atoms with Crippen molar-refractivity contribution in [2.24, 2.45) is 0 Å². The second-order valence-corrected chi connectivity index (χ2v) is 13.0. The number of nitrogens with zero attached hydrogens (tertiary/aromatic N) is 4. The standard InChI is InChI=1S/C45H28N4O2/c1-48(38-15-5-11-30-32-13-7-25-46-44(32)50-42(30)38)36-23-19-27-18-22-35-37(24-20-28-17-21-34(36)40(27)41(28)35)49(29-9-3-2-4-10-29)39-16-6-12-31-33-14-8-26-47-45(33)51-43(31)39/h2-26H,1H3. The molecule has 0 aliphatic carbocycles. The zero-order chi connectivity index (χ0) is 33.6. The predicted octanol–water partition coefficient (Wildman–Crippen LogP) is 12.4. The second kappa shape index (κ2) is 10.5. The molecule has 0 atom stereocenters. The lowest BCUT2D eigenvalue weighted by Crippen LogP contribution is -2.11. The molecule has 0 fully saturated rings. The molecule has 11 aromatic rings. The van der Waals surface area contributed by atoms with E-state index in [4.69, 9.17) is 8.83 Å². The molecule has 0 saturated heterocycles. The minimum Gasteiger partial charge on any atom is -0.436 e. The summed E-state index contributed by atoms with van der Waals surface area (Å²) in [6.07, 6.45) is 3.55. The summed E-state index contributed by atoms with van der Waals surface area (Å²) in [6, 6.07) is 49.2. The number of hydrogen-bond donors (Lipinski definition) is 0. The molecule has 0 N–H and O–H groups in total. The van der Waals surface area contributed by atoms with E-state index < -0.39 is 0 Å². The van der Waals surface area contributed by atoms with E-state index in [2.05, 4.69) is 154 Å². The molecular weight excluding hydrogens is 629 g/mol. The highest BCUT2D eigenvalue weighted by Crippen LogP contribution is 2.48. The minimum atomic E-state index is 0.634. The average Bonchev–Trinajstić information content (AvgIpc) is 3.77. The van der Waals surface area contributed by atoms with Crippen LogP contribution in [0.2, 0.25) is 0 Å². The molecule has 0 saturated carbocycles. The van der Waals surface area contributed by atoms with Gasteiger partial charge in [0.25, 0.3) is 0 Å². The van der Waals surface area contributed by atoms with Crippen molar-refractivity contribution < 1.29 is 8.83 Å². The molecule has 0 aliphatic heterocycles. The SMILES string of the molecule is CN(c1ccc2ccc3c(N(c4ccccc4)c4cccc5c4oc4ncccc45)ccc4ccc1c2c43)c1cccc2c1oc1ncccc12. The molecule has 51 heavy (non-hydrogen) atoms. The van der Waals surface area contributed by atoms with Crippen molar-refractivity contribution in [3.8, 4) is 0 Å². The molecule has 4 aromatic heterocycles. The van der Waals surface area contributed by atoms with Gasteiger partial charge >= 0.3 is 0 Å². The van der Waals surface area contributed by atoms with Gasteiger partial charge in [0.05, 0.1) is 17.1 Å². The van der Waals surface area contributed by atoms with Crippen molar-refractivity contribution in [2.45, 2.75) is 0 Å². The first-order valence-corrected chi connectivity index (χ1v) is 17.0. The highest BCUT2D eigenvalue weighted by molar-refractivity contribution is 6.28. The topological polar surface area (TPSA) is 58.5 Å². The van der Waals surface area contributed by atoms with Crippen LogP contribution >= 0.6 is 0 Å². The number of rotatable bonds is 5. The Morgan fingerprint density at radius 2 is 0.941 bits per heavy atom. The van der Waals surface area contributed by atoms with Gasteiger partial charge in [0.2, 0.25) is 11.4 Å². The summed E-state index contributed by atoms with van der Waals surface area (Å²) in [4.78, 5) is 13.6. The van der Waals surface area contributed by atoms with Crippen LogP contribution in [0.3, 0.4) is 0 Å². The molecule has 0 bridgehead atoms. The number of benzene rings is 7. The van der Waals surface area contributed by atoms with E-state index in [0.717, 1.165) is 66.5 Å². The van der Waals surface area contributed by atoms with Gasteiger partial charge in [-0.15, -0.1) is 0 Å². The van der Waals surface area contributed by atoms with Crippen LogP contribution in [-0.4, -0.2) is 17.0 Å². The summed E-state index contributed by atoms with van der Waals surface area (Å²) in [5.74, 6) is 0. The van der Waals surface area contributed by atoms with Gasteiger partial charge in [-0.25, -0.2) is 9.97 Å². The zero-order valence-corrected chi connectivity index (χ0v) is 27.5. The lowest BCUT2D eigenvalue weighted by Gasteiger charge is -2.28. The molecule has 4 heterocycles. The van der Waals surface area contributed by atoms with Gasteiger partial charge in [-0.1, -0.05) is 78.9 Å². The Labute approximate surface area is 291 Å². The quantitative estimate of drug-likeness (QED) is 0.172. The van der Waals surface area contributed by atoms with Crippen molar-refractivity contribution in [3.63, 3.8) is 0 Å². The first-order valence-electron chi connectivity index (χ1n) is 17.0. The van der Waals surface area contributed by atoms with Crippen LogP contribution in [0.1, 0.15) is 0 Å². The maximum Gasteiger partial charge on any atom is 0.227 e. The molecule has 0 spiro atoms. The molecule has 6 nitrogen and oxygen atoms in total. The third-order valence-electron chi connectivity index (χ3n) is 10.3. The summed E-state index contributed by atoms with van der Waals surface area (Å²) in [5, 5.41) is 11.3. The summed E-state index contributed by atoms with van der Waals surface area (Å²) >= 11 is 0. The number of hydrogen-bond acceptors (Lipinski definition) is 6. The van der Waals surface area contributed by atoms with E-state index in [-0.39, 0.29) is 0 Å². The molecule has 0 aliphatic rings. The Kier molecular flexibility index (Phi) is 5.78. The van der Waals surface area contributed by atoms with Crippen LogP contribution in [0.25, 0.3) is 76.5 Å². The van der Waals surface area contributed by atoms with E-state index in [9.17, 15) is 0 Å². The third-order valence-corrected chi connectivity index (χ3v) is 10.3. The fraction of sp³-hybridized carbons (Fsp3) is 0.0222. The van der Waals surface area contributed by atoms with Gasteiger partial charge in [-0.05, 0) is 82.2 Å². The number of fused-ring (bicyclic) bond motifs is 6. The molecular formula is C45H28N4O2. The maximum absolute atomic E-state index is 6.50. The summed E-state index contributed by atoms with van der Waals surface area (Å²) in [5.41, 5.74) is 8.08. The van der Waals surface area contributed by atoms with Gasteiger partial charge < -0.3 is 18.6 Å². The highest BCUT2D eigenvalue weighted by Gasteiger charge is 2.24. The van der Waals surface area contributed by atoms with Crippen LogP contribution in [-0.2, 0) is 0 Å². The smallest absolute Gasteiger partial charge is 0.227 e. The van der Waals surface area contributed by atoms with Crippen LogP contribution in [0.4, 0.5) is 28.4 Å². The number of furan rings is 2. The summed E-state index contributed by atoms with van der Waals surface area (Å²) in [6.45, 7) is 0. The highest BCUT2D eigenvalue weighted by atomic mass is 16.3. The summed E-state index contributed by atoms with van der Waals surface area (Å²) < 4.78 is 12.9. The minimum absolute atomic E-state index is 0.634. The third kappa shape index (κ3) is 3.98. The molecule has 11 rings (SSSR count). The Hall–Kier alpha value is -6.92. The normalized spacial score (nSPS) is 12.0. The van der Waals surface area contributed by atoms with Crippen molar-refractivity contribution in [1.29, 1.82) is 0 Å². The van der Waals surface area contributed by atoms with Crippen LogP contribution in [0.5, 0.6) is 0 Å². The molecule has 0 amide bonds. The lowest BCUT2D eigenvalue weighted by molar-refractivity contribution is 0.653. The number of para-hydroxylation sites is 3. The fourth-order valence-corrected chi connectivity index (χ4v) is 8.05. The van der Waals surface area contributed by atoms with Gasteiger partial charge in [-0.2, -0.15) is 0 Å². The van der Waals surface area contributed by atoms with E-state index in [1.54, 1.807) is 12.4 Å². The Morgan fingerprint density at radius 1 is 0.412 bits per heavy atom. The fourth-order valence-electron chi connectivity index (χ4n) is 8.05. The second-order valence-electron chi connectivity index (χ2n) is 13.0. The first-order chi connectivity index (χ1) is 25.2. The van der Waals surface area contributed by atoms with Crippen molar-refractivity contribution in [3.05, 3.63) is 152 Å². The van der Waals surface area contributed by atoms with Crippen LogP contribution in [0.15, 0.2) is 161 Å². The van der Waals surface area contributed by atoms with Crippen molar-refractivity contribution >= 4 is 105 Å². The monoisotopic (exact) mass is 656 g/mol. The van der Waals surface area contributed by atoms with E-state index in [1.165, 1.54) is 26.9 Å². The Morgan fingerprint density at radius 3 is 1.59 bits per heavy atom. The van der Waals surface area contributed by atoms with Crippen LogP contribution in [0, 0.1) is 0 Å². The molecule has 240 valence electrons. The number of anilines is 5. The van der Waals surface area contributed by atoms with Gasteiger partial charge in [0.15, 0.2) is 11.2 Å². The molecule has 0 radical (unpaired) electrons. The molecule has 0 unspecified atom stereocenters. The maximum atomic E-state index is 6.50. The molecule has 6 heteroatoms. The summed E-state index contributed by atoms with van der Waals surface area (Å²) in [7, 11) is 2.12. The van der Waals surface area contributed by atoms with Crippen molar-refractivity contribution in [2.75, 3.05) is 16.8 Å². The van der Waals surface area contributed by atoms with E-state index in [1.807, 2.05) is 12.1 Å². The Bertz CT molecular complexity index is 3130. The zero-order valence-electron chi connectivity index (χ0n) is 27.5. The number of aromatic nitrogens is 2. The van der Waals surface area contributed by atoms with E-state index in [0.29, 0.717) is 11.4 Å². The predicted molar refractivity (Wildman–Crippen MR) is 209 cm³/mol. The van der Waals surface area contributed by atoms with Gasteiger partial charge in [0, 0.05) is 63.1 Å². The number of pyridine rings is 2. The first kappa shape index (κ1) is 28.0. The average molecular weight is 657 g/mol.